The van der Waals surface area contributed by atoms with Crippen LogP contribution in [0, 0.1) is 11.6 Å². The molecule has 2 aromatic heterocycles. The summed E-state index contributed by atoms with van der Waals surface area (Å²) in [5, 5.41) is 85.9. The number of halogens is 2. The van der Waals surface area contributed by atoms with E-state index in [1.54, 1.807) is 48.5 Å². The standard InChI is InChI=1S/2C33H35FN2O5.CH2O3.2Ca/c2*1-21(2)31-30(33(41)35-25-11-7-4-8-12-25)29(22-9-5-3-6-10-22)32(23-13-15-24(34)16-14-23)36(31)18-17-26(37)19-27(38)20-28(39)40;2-1(3)4;;/h2*3-16,21,26-27,37-38H,17-20H2,1-2H3,(H,35,41)(H,39,40);(H2,2,3,4);;/q;;;2*+2/p-4/t2*26-,27-;;;/m11.../s1. The van der Waals surface area contributed by atoms with Crippen molar-refractivity contribution in [2.24, 2.45) is 0 Å². The maximum atomic E-state index is 14.0. The Morgan fingerprint density at radius 1 is 0.432 bits per heavy atom. The average Bonchev–Trinajstić information content (AvgIpc) is 1.85. The van der Waals surface area contributed by atoms with Crippen molar-refractivity contribution in [2.45, 2.75) is 116 Å². The number of carboxylic acid groups (broad SMARTS) is 4. The van der Waals surface area contributed by atoms with Crippen molar-refractivity contribution in [3.05, 3.63) is 204 Å². The van der Waals surface area contributed by atoms with Crippen molar-refractivity contribution >= 4 is 117 Å². The number of amides is 2. The van der Waals surface area contributed by atoms with Crippen LogP contribution in [0.25, 0.3) is 44.8 Å². The molecule has 8 aromatic rings. The van der Waals surface area contributed by atoms with Crippen LogP contribution in [0.3, 0.4) is 0 Å². The van der Waals surface area contributed by atoms with E-state index in [9.17, 15) is 58.6 Å². The van der Waals surface area contributed by atoms with E-state index in [1.165, 1.54) is 24.3 Å². The molecule has 2 heterocycles. The van der Waals surface area contributed by atoms with E-state index in [1.807, 2.05) is 134 Å². The first-order chi connectivity index (χ1) is 41.0. The summed E-state index contributed by atoms with van der Waals surface area (Å²) in [6.45, 7) is 8.45. The molecule has 0 aliphatic carbocycles. The van der Waals surface area contributed by atoms with Gasteiger partial charge >= 0.3 is 75.5 Å². The van der Waals surface area contributed by atoms with Crippen LogP contribution < -0.4 is 31.1 Å². The number of para-hydroxylation sites is 2. The molecule has 2 amide bonds. The number of rotatable bonds is 24. The molecule has 452 valence electrons. The number of aliphatic carboxylic acids is 2. The minimum atomic E-state index is -2.33. The molecule has 0 saturated carbocycles. The molecule has 0 unspecified atom stereocenters. The third-order valence-electron chi connectivity index (χ3n) is 13.8. The van der Waals surface area contributed by atoms with Crippen LogP contribution in [0.15, 0.2) is 170 Å². The Hall–Kier alpha value is -6.75. The van der Waals surface area contributed by atoms with Crippen molar-refractivity contribution in [3.8, 4) is 44.8 Å². The van der Waals surface area contributed by atoms with E-state index in [4.69, 9.17) is 15.0 Å². The third kappa shape index (κ3) is 21.2. The predicted octanol–water partition coefficient (Wildman–Crippen LogP) is 6.75. The number of nitrogens with one attached hydrogen (secondary N) is 2. The Balaban J connectivity index is 0.000000347. The Morgan fingerprint density at radius 2 is 0.716 bits per heavy atom. The van der Waals surface area contributed by atoms with Crippen molar-refractivity contribution in [1.82, 2.24) is 9.13 Å². The summed E-state index contributed by atoms with van der Waals surface area (Å²) in [5.41, 5.74) is 9.43. The number of nitrogens with zero attached hydrogens (tertiary/aromatic N) is 2. The second kappa shape index (κ2) is 36.0. The third-order valence-corrected chi connectivity index (χ3v) is 13.8. The quantitative estimate of drug-likeness (QED) is 0.0342. The van der Waals surface area contributed by atoms with E-state index in [0.717, 1.165) is 22.5 Å². The molecule has 0 aliphatic heterocycles. The number of aliphatic hydroxyl groups is 4. The van der Waals surface area contributed by atoms with Gasteiger partial charge in [-0.25, -0.2) is 8.78 Å². The summed E-state index contributed by atoms with van der Waals surface area (Å²) in [6.07, 6.45) is -7.87. The molecule has 0 saturated heterocycles. The monoisotopic (exact) mass is 1250 g/mol. The Kier molecular flexibility index (Phi) is 30.2. The van der Waals surface area contributed by atoms with Crippen molar-refractivity contribution < 1.29 is 73.6 Å². The summed E-state index contributed by atoms with van der Waals surface area (Å²) >= 11 is 0. The number of carboxylic acids is 2. The number of benzene rings is 6. The normalized spacial score (nSPS) is 12.1. The zero-order chi connectivity index (χ0) is 62.6. The molecule has 0 spiro atoms. The number of aromatic nitrogens is 2. The van der Waals surface area contributed by atoms with E-state index in [2.05, 4.69) is 10.6 Å². The molecule has 17 nitrogen and oxygen atoms in total. The average molecular weight is 1260 g/mol. The van der Waals surface area contributed by atoms with Crippen LogP contribution in [0.4, 0.5) is 25.0 Å². The maximum Gasteiger partial charge on any atom is 2.00 e. The molecule has 0 radical (unpaired) electrons. The van der Waals surface area contributed by atoms with Crippen LogP contribution in [0.1, 0.15) is 110 Å². The minimum Gasteiger partial charge on any atom is -0.652 e. The van der Waals surface area contributed by atoms with Crippen LogP contribution in [0.2, 0.25) is 0 Å². The van der Waals surface area contributed by atoms with Gasteiger partial charge in [0.05, 0.1) is 46.9 Å². The fraction of sp³-hybridized carbons (Fsp3) is 0.269. The van der Waals surface area contributed by atoms with Gasteiger partial charge < -0.3 is 75.0 Å². The van der Waals surface area contributed by atoms with Gasteiger partial charge in [0.2, 0.25) is 0 Å². The molecule has 0 bridgehead atoms. The van der Waals surface area contributed by atoms with Gasteiger partial charge in [-0.3, -0.25) is 9.59 Å². The predicted molar refractivity (Wildman–Crippen MR) is 326 cm³/mol. The number of hydrogen-bond acceptors (Lipinski definition) is 13. The Morgan fingerprint density at radius 3 is 0.989 bits per heavy atom. The molecule has 6 aromatic carbocycles. The molecule has 8 rings (SSSR count). The summed E-state index contributed by atoms with van der Waals surface area (Å²) < 4.78 is 32.0. The maximum absolute atomic E-state index is 14.0. The minimum absolute atomic E-state index is 0. The van der Waals surface area contributed by atoms with Crippen molar-refractivity contribution in [2.75, 3.05) is 10.6 Å². The number of anilines is 2. The number of aliphatic hydroxyl groups excluding tert-OH is 4. The molecular weight excluding hydrogens is 1190 g/mol. The molecule has 21 heteroatoms. The van der Waals surface area contributed by atoms with Gasteiger partial charge in [-0.15, -0.1) is 0 Å². The molecule has 88 heavy (non-hydrogen) atoms. The second-order valence-corrected chi connectivity index (χ2v) is 21.0. The Labute approximate surface area is 569 Å². The molecular formula is C67H68Ca2F2N4O13. The fourth-order valence-electron chi connectivity index (χ4n) is 10.4. The molecule has 0 fully saturated rings. The largest absolute Gasteiger partial charge is 2.00 e. The molecule has 0 aliphatic rings. The first-order valence-corrected chi connectivity index (χ1v) is 27.9. The van der Waals surface area contributed by atoms with Crippen molar-refractivity contribution in [3.63, 3.8) is 0 Å². The van der Waals surface area contributed by atoms with Gasteiger partial charge in [0.15, 0.2) is 0 Å². The SMILES string of the molecule is CC(C)c1c(C(=O)Nc2ccccc2)c(-c2ccccc2)c(-c2ccc(F)cc2)n1CC[C@@H](O)C[C@@H](O)CC(=O)[O-].CC(C)c1c(C(=O)Nc2ccccc2)c(-c2ccccc2)c(-c2ccc(F)cc2)n1CC[C@@H](O)C[C@@H](O)CC(=O)[O-].O=C([O-])[O-].[Ca+2].[Ca+2]. The number of carbonyl (C=O) groups excluding carboxylic acids is 5. The van der Waals surface area contributed by atoms with E-state index in [0.29, 0.717) is 56.1 Å². The van der Waals surface area contributed by atoms with E-state index < -0.39 is 67.0 Å². The summed E-state index contributed by atoms with van der Waals surface area (Å²) in [5.74, 6) is -4.41. The van der Waals surface area contributed by atoms with Gasteiger partial charge in [0.25, 0.3) is 11.8 Å². The molecule has 4 atom stereocenters. The molecule has 6 N–H and O–H groups in total. The summed E-state index contributed by atoms with van der Waals surface area (Å²) in [4.78, 5) is 58.1. The number of carbonyl (C=O) groups is 5. The van der Waals surface area contributed by atoms with Crippen LogP contribution in [-0.4, -0.2) is 159 Å². The van der Waals surface area contributed by atoms with Gasteiger partial charge in [-0.2, -0.15) is 0 Å². The van der Waals surface area contributed by atoms with Gasteiger partial charge in [-0.05, 0) is 139 Å². The van der Waals surface area contributed by atoms with Gasteiger partial charge in [-0.1, -0.05) is 125 Å². The zero-order valence-electron chi connectivity index (χ0n) is 49.3. The summed E-state index contributed by atoms with van der Waals surface area (Å²) in [6, 6.07) is 49.4. The van der Waals surface area contributed by atoms with Crippen LogP contribution in [0.5, 0.6) is 0 Å². The number of hydrogen-bond donors (Lipinski definition) is 6. The van der Waals surface area contributed by atoms with Gasteiger partial charge in [0, 0.05) is 71.8 Å². The van der Waals surface area contributed by atoms with Crippen molar-refractivity contribution in [1.29, 1.82) is 0 Å². The van der Waals surface area contributed by atoms with E-state index >= 15 is 0 Å². The first-order valence-electron chi connectivity index (χ1n) is 27.9. The zero-order valence-corrected chi connectivity index (χ0v) is 53.7. The Bertz CT molecular complexity index is 3290. The van der Waals surface area contributed by atoms with Gasteiger partial charge in [0.1, 0.15) is 11.6 Å². The first kappa shape index (κ1) is 73.7. The van der Waals surface area contributed by atoms with Crippen LogP contribution in [-0.2, 0) is 22.7 Å². The smallest absolute Gasteiger partial charge is 0.652 e. The second-order valence-electron chi connectivity index (χ2n) is 21.0. The summed E-state index contributed by atoms with van der Waals surface area (Å²) in [7, 11) is 0. The topological polar surface area (TPSA) is 292 Å². The fourth-order valence-corrected chi connectivity index (χ4v) is 10.4. The van der Waals surface area contributed by atoms with Crippen LogP contribution >= 0.6 is 0 Å². The van der Waals surface area contributed by atoms with E-state index in [-0.39, 0.29) is 138 Å².